The molecule has 0 aromatic heterocycles. The number of hydrogen-bond acceptors (Lipinski definition) is 13. The van der Waals surface area contributed by atoms with Crippen LogP contribution >= 0.6 is 0 Å². The van der Waals surface area contributed by atoms with Crippen LogP contribution < -0.4 is 5.32 Å². The Labute approximate surface area is 339 Å². The lowest BCUT2D eigenvalue weighted by Crippen LogP contribution is -2.61. The third kappa shape index (κ3) is 12.1. The maximum atomic E-state index is 13.2. The highest BCUT2D eigenvalue weighted by molar-refractivity contribution is 7.80. The van der Waals surface area contributed by atoms with E-state index >= 15 is 0 Å². The molecule has 0 aromatic rings. The van der Waals surface area contributed by atoms with Crippen LogP contribution in [0, 0.1) is 35.0 Å². The van der Waals surface area contributed by atoms with Crippen molar-refractivity contribution in [3.05, 3.63) is 23.8 Å². The molecule has 0 amide bonds. The molecule has 0 aromatic carbocycles. The predicted molar refractivity (Wildman–Crippen MR) is 212 cm³/mol. The van der Waals surface area contributed by atoms with Crippen LogP contribution in [0.5, 0.6) is 0 Å². The normalized spacial score (nSPS) is 45.4. The van der Waals surface area contributed by atoms with Crippen LogP contribution in [0.2, 0.25) is 0 Å². The van der Waals surface area contributed by atoms with Gasteiger partial charge in [-0.05, 0) is 118 Å². The molecule has 2 saturated heterocycles. The molecule has 15 heteroatoms. The molecule has 17 atom stereocenters. The minimum Gasteiger partial charge on any atom is -0.455 e. The number of esters is 1. The van der Waals surface area contributed by atoms with E-state index in [9.17, 15) is 48.4 Å². The summed E-state index contributed by atoms with van der Waals surface area (Å²) in [7, 11) is -5.11. The molecule has 14 nitrogen and oxygen atoms in total. The zero-order chi connectivity index (χ0) is 41.7. The van der Waals surface area contributed by atoms with Gasteiger partial charge in [-0.15, -0.1) is 0 Å². The first-order chi connectivity index (χ1) is 26.9. The fourth-order valence-corrected chi connectivity index (χ4v) is 11.4. The Kier molecular flexibility index (Phi) is 16.6. The molecule has 328 valence electrons. The minimum absolute atomic E-state index is 0.00759. The maximum Gasteiger partial charge on any atom is 0.397 e. The zero-order valence-electron chi connectivity index (χ0n) is 34.3. The summed E-state index contributed by atoms with van der Waals surface area (Å²) in [4.78, 5) is 13.2. The largest absolute Gasteiger partial charge is 0.455 e. The molecule has 1 unspecified atom stereocenters. The SMILES string of the molecule is C[C@@H]1CCCC2NCC[C@H](C)[C@]23CCC2=C[C@@H]3CCC=C[C@H](OC(=O)C[C@@H](O)C[C@H](O)C2)[C@@H](O)[C@H](C)C[C@@H]2O[C@@H]([C@H](O)[C@@H](O)[C@@H]2OS(=O)(=O)O)[C@H](C)C[C@@H](O)CC1. The van der Waals surface area contributed by atoms with E-state index in [1.165, 1.54) is 5.57 Å². The Balaban J connectivity index is 1.51. The van der Waals surface area contributed by atoms with E-state index < -0.39 is 95.7 Å². The highest BCUT2D eigenvalue weighted by atomic mass is 32.3. The summed E-state index contributed by atoms with van der Waals surface area (Å²) < 4.78 is 50.3. The molecule has 5 rings (SSSR count). The second-order valence-electron chi connectivity index (χ2n) is 18.4. The molecule has 2 fully saturated rings. The average Bonchev–Trinajstić information content (AvgIpc) is 3.12. The van der Waals surface area contributed by atoms with Gasteiger partial charge < -0.3 is 45.4 Å². The lowest BCUT2D eigenvalue weighted by molar-refractivity contribution is -0.234. The molecule has 4 aliphatic heterocycles. The summed E-state index contributed by atoms with van der Waals surface area (Å²) in [5, 5.41) is 71.1. The van der Waals surface area contributed by atoms with Crippen molar-refractivity contribution in [2.24, 2.45) is 35.0 Å². The van der Waals surface area contributed by atoms with E-state index in [1.54, 1.807) is 19.9 Å². The second kappa shape index (κ2) is 20.4. The summed E-state index contributed by atoms with van der Waals surface area (Å²) in [6.45, 7) is 8.94. The smallest absolute Gasteiger partial charge is 0.397 e. The van der Waals surface area contributed by atoms with Crippen LogP contribution in [0.15, 0.2) is 23.8 Å². The third-order valence-corrected chi connectivity index (χ3v) is 14.6. The van der Waals surface area contributed by atoms with Gasteiger partial charge in [-0.25, -0.2) is 4.18 Å². The number of carbonyl (C=O) groups is 1. The Hall–Kier alpha value is -1.50. The van der Waals surface area contributed by atoms with Crippen LogP contribution in [0.1, 0.15) is 124 Å². The molecule has 57 heavy (non-hydrogen) atoms. The number of ether oxygens (including phenoxy) is 2. The van der Waals surface area contributed by atoms with E-state index in [2.05, 4.69) is 25.2 Å². The number of nitrogens with one attached hydrogen (secondary N) is 1. The van der Waals surface area contributed by atoms with E-state index in [1.807, 2.05) is 6.08 Å². The van der Waals surface area contributed by atoms with Gasteiger partial charge in [0.25, 0.3) is 0 Å². The van der Waals surface area contributed by atoms with E-state index in [4.69, 9.17) is 13.7 Å². The zero-order valence-corrected chi connectivity index (χ0v) is 35.1. The van der Waals surface area contributed by atoms with Crippen LogP contribution in [-0.4, -0.2) is 123 Å². The minimum atomic E-state index is -5.11. The van der Waals surface area contributed by atoms with Crippen molar-refractivity contribution >= 4 is 16.4 Å². The molecule has 1 spiro atoms. The Morgan fingerprint density at radius 3 is 2.30 bits per heavy atom. The first-order valence-electron chi connectivity index (χ1n) is 21.6. The van der Waals surface area contributed by atoms with Gasteiger partial charge in [-0.2, -0.15) is 8.42 Å². The van der Waals surface area contributed by atoms with Crippen molar-refractivity contribution in [1.29, 1.82) is 0 Å². The molecule has 8 N–H and O–H groups in total. The van der Waals surface area contributed by atoms with Crippen LogP contribution in [0.25, 0.3) is 0 Å². The van der Waals surface area contributed by atoms with Crippen LogP contribution in [0.3, 0.4) is 0 Å². The highest BCUT2D eigenvalue weighted by Gasteiger charge is 2.52. The van der Waals surface area contributed by atoms with E-state index in [0.29, 0.717) is 37.1 Å². The summed E-state index contributed by atoms with van der Waals surface area (Å²) >= 11 is 0. The van der Waals surface area contributed by atoms with Gasteiger partial charge in [0.15, 0.2) is 0 Å². The fourth-order valence-electron chi connectivity index (χ4n) is 10.9. The van der Waals surface area contributed by atoms with Gasteiger partial charge in [-0.1, -0.05) is 58.3 Å². The molecule has 5 aliphatic rings. The standard InChI is InChI=1S/C42H71NO13S/c1-24-8-7-11-35-42(27(4)15-17-43-35)16-14-28-20-29(42)9-5-6-10-33(54-36(47)23-32(46)22-31(45)21-28)37(48)25(2)19-34-41(56-57(51,52)53)39(50)38(49)40(55-34)26(3)18-30(44)13-12-24/h6,10,20,24-27,29-35,37-41,43-46,48-50H,5,7-9,11-19,21-23H2,1-4H3,(H,51,52,53)/t24-,25-,26-,27+,29+,30+,31-,32+,33+,34+,35?,37+,38-,39-,40-,41-,42+/m1/s1. The summed E-state index contributed by atoms with van der Waals surface area (Å²) in [5.74, 6) is -1.03. The number of allylic oxidation sites excluding steroid dienone is 2. The molecule has 0 radical (unpaired) electrons. The van der Waals surface area contributed by atoms with E-state index in [-0.39, 0.29) is 30.6 Å². The average molecular weight is 830 g/mol. The van der Waals surface area contributed by atoms with Crippen molar-refractivity contribution in [2.75, 3.05) is 6.54 Å². The summed E-state index contributed by atoms with van der Waals surface area (Å²) in [5.41, 5.74) is 1.16. The number of aliphatic hydroxyl groups is 6. The van der Waals surface area contributed by atoms with Crippen molar-refractivity contribution in [1.82, 2.24) is 5.32 Å². The molecule has 1 aliphatic carbocycles. The molecule has 4 heterocycles. The van der Waals surface area contributed by atoms with Gasteiger partial charge in [-0.3, -0.25) is 9.35 Å². The molecule has 0 saturated carbocycles. The first kappa shape index (κ1) is 46.6. The third-order valence-electron chi connectivity index (χ3n) is 14.1. The first-order valence-corrected chi connectivity index (χ1v) is 22.9. The second-order valence-corrected chi connectivity index (χ2v) is 19.5. The monoisotopic (exact) mass is 829 g/mol. The molecular weight excluding hydrogens is 759 g/mol. The number of aliphatic hydroxyl groups excluding tert-OH is 6. The number of piperidine rings is 1. The van der Waals surface area contributed by atoms with Crippen LogP contribution in [-0.2, 0) is 28.9 Å². The number of carbonyl (C=O) groups excluding carboxylic acids is 1. The maximum absolute atomic E-state index is 13.2. The van der Waals surface area contributed by atoms with Crippen molar-refractivity contribution in [3.8, 4) is 0 Å². The summed E-state index contributed by atoms with van der Waals surface area (Å²) in [6, 6.07) is 0.299. The topological polar surface area (TPSA) is 233 Å². The Bertz CT molecular complexity index is 1480. The van der Waals surface area contributed by atoms with Crippen molar-refractivity contribution in [2.45, 2.75) is 191 Å². The van der Waals surface area contributed by atoms with Crippen LogP contribution in [0.4, 0.5) is 0 Å². The van der Waals surface area contributed by atoms with Gasteiger partial charge in [0.2, 0.25) is 0 Å². The predicted octanol–water partition coefficient (Wildman–Crippen LogP) is 3.51. The number of hydrogen-bond donors (Lipinski definition) is 8. The van der Waals surface area contributed by atoms with Gasteiger partial charge in [0.05, 0.1) is 43.0 Å². The van der Waals surface area contributed by atoms with Gasteiger partial charge >= 0.3 is 16.4 Å². The fraction of sp³-hybridized carbons (Fsp3) is 0.881. The van der Waals surface area contributed by atoms with Gasteiger partial charge in [0.1, 0.15) is 24.4 Å². The number of rotatable bonds is 2. The Morgan fingerprint density at radius 2 is 1.56 bits per heavy atom. The lowest BCUT2D eigenvalue weighted by atomic mass is 9.53. The van der Waals surface area contributed by atoms with E-state index in [0.717, 1.165) is 57.9 Å². The quantitative estimate of drug-likeness (QED) is 0.113. The Morgan fingerprint density at radius 1 is 0.825 bits per heavy atom. The van der Waals surface area contributed by atoms with Gasteiger partial charge in [0, 0.05) is 12.5 Å². The summed E-state index contributed by atoms with van der Waals surface area (Å²) in [6.07, 6.45) is 1.97. The van der Waals surface area contributed by atoms with Crippen molar-refractivity contribution in [3.63, 3.8) is 0 Å². The molecular formula is C42H71NO13S. The number of fused-ring (bicyclic) bond motifs is 5. The lowest BCUT2D eigenvalue weighted by Gasteiger charge is -2.55. The molecule has 5 bridgehead atoms. The highest BCUT2D eigenvalue weighted by Crippen LogP contribution is 2.54. The van der Waals surface area contributed by atoms with Crippen molar-refractivity contribution < 1.29 is 62.1 Å².